The molecule has 2 aromatic heterocycles. The molecule has 29 heavy (non-hydrogen) atoms. The van der Waals surface area contributed by atoms with Crippen LogP contribution in [0.4, 0.5) is 26.3 Å². The molecule has 0 aliphatic carbocycles. The summed E-state index contributed by atoms with van der Waals surface area (Å²) in [5, 5.41) is 4.22. The first-order chi connectivity index (χ1) is 13.6. The lowest BCUT2D eigenvalue weighted by Gasteiger charge is -2.14. The van der Waals surface area contributed by atoms with Crippen LogP contribution in [-0.4, -0.2) is 19.6 Å². The molecule has 0 saturated heterocycles. The van der Waals surface area contributed by atoms with Gasteiger partial charge >= 0.3 is 12.4 Å². The van der Waals surface area contributed by atoms with Crippen molar-refractivity contribution in [1.82, 2.24) is 19.6 Å². The Morgan fingerprint density at radius 3 is 1.93 bits per heavy atom. The van der Waals surface area contributed by atoms with Crippen molar-refractivity contribution in [3.8, 4) is 22.6 Å². The number of aromatic nitrogens is 4. The minimum absolute atomic E-state index is 0.00119. The molecule has 0 aliphatic heterocycles. The van der Waals surface area contributed by atoms with Crippen molar-refractivity contribution >= 4 is 5.78 Å². The molecule has 148 valence electrons. The Hall–Kier alpha value is -3.43. The molecule has 4 rings (SSSR count). The highest BCUT2D eigenvalue weighted by atomic mass is 19.4. The smallest absolute Gasteiger partial charge is 0.220 e. The molecule has 2 heterocycles. The molecule has 0 unspecified atom stereocenters. The molecule has 4 nitrogen and oxygen atoms in total. The summed E-state index contributed by atoms with van der Waals surface area (Å²) in [6.45, 7) is 0. The molecule has 0 saturated carbocycles. The Balaban J connectivity index is 1.94. The Bertz CT molecular complexity index is 1150. The zero-order valence-corrected chi connectivity index (χ0v) is 14.3. The van der Waals surface area contributed by atoms with Gasteiger partial charge in [-0.25, -0.2) is 4.98 Å². The second kappa shape index (κ2) is 6.57. The maximum atomic E-state index is 13.2. The quantitative estimate of drug-likeness (QED) is 0.412. The number of hydrogen-bond acceptors (Lipinski definition) is 3. The van der Waals surface area contributed by atoms with Gasteiger partial charge in [0.25, 0.3) is 5.78 Å². The Kier molecular flexibility index (Phi) is 4.29. The van der Waals surface area contributed by atoms with Crippen LogP contribution in [0.25, 0.3) is 28.4 Å². The second-order valence-corrected chi connectivity index (χ2v) is 6.14. The Labute approximate surface area is 159 Å². The third-order valence-electron chi connectivity index (χ3n) is 4.16. The lowest BCUT2D eigenvalue weighted by Crippen LogP contribution is -2.11. The molecule has 0 N–H and O–H groups in total. The van der Waals surface area contributed by atoms with Crippen molar-refractivity contribution in [1.29, 1.82) is 0 Å². The molecule has 0 atom stereocenters. The third-order valence-corrected chi connectivity index (χ3v) is 4.16. The Morgan fingerprint density at radius 1 is 0.724 bits per heavy atom. The normalized spacial score (nSPS) is 12.5. The van der Waals surface area contributed by atoms with Gasteiger partial charge in [0.1, 0.15) is 0 Å². The highest BCUT2D eigenvalue weighted by molar-refractivity contribution is 5.65. The fourth-order valence-corrected chi connectivity index (χ4v) is 2.82. The number of hydrogen-bond donors (Lipinski definition) is 0. The van der Waals surface area contributed by atoms with Crippen molar-refractivity contribution in [3.63, 3.8) is 0 Å². The van der Waals surface area contributed by atoms with E-state index in [0.29, 0.717) is 17.7 Å². The van der Waals surface area contributed by atoms with E-state index < -0.39 is 23.5 Å². The largest absolute Gasteiger partial charge is 0.416 e. The second-order valence-electron chi connectivity index (χ2n) is 6.14. The standard InChI is InChI=1S/C19H10F6N4/c20-18(21,22)13-8-12(9-14(10-13)19(23,24)25)15-6-7-26-17-27-16(28-29(15)17)11-4-2-1-3-5-11/h1-10H. The maximum Gasteiger partial charge on any atom is 0.416 e. The first-order valence-electron chi connectivity index (χ1n) is 8.20. The van der Waals surface area contributed by atoms with Crippen LogP contribution in [0.3, 0.4) is 0 Å². The van der Waals surface area contributed by atoms with E-state index in [1.807, 2.05) is 0 Å². The molecule has 0 spiro atoms. The fourth-order valence-electron chi connectivity index (χ4n) is 2.82. The average Bonchev–Trinajstić information content (AvgIpc) is 3.11. The summed E-state index contributed by atoms with van der Waals surface area (Å²) in [6.07, 6.45) is -8.64. The van der Waals surface area contributed by atoms with Gasteiger partial charge < -0.3 is 0 Å². The monoisotopic (exact) mass is 408 g/mol. The van der Waals surface area contributed by atoms with Crippen molar-refractivity contribution in [2.75, 3.05) is 0 Å². The molecule has 0 fully saturated rings. The zero-order chi connectivity index (χ0) is 20.8. The highest BCUT2D eigenvalue weighted by Gasteiger charge is 2.37. The lowest BCUT2D eigenvalue weighted by molar-refractivity contribution is -0.143. The number of rotatable bonds is 2. The van der Waals surface area contributed by atoms with Crippen LogP contribution >= 0.6 is 0 Å². The molecule has 0 aliphatic rings. The van der Waals surface area contributed by atoms with Gasteiger partial charge in [0.05, 0.1) is 16.8 Å². The first kappa shape index (κ1) is 18.9. The van der Waals surface area contributed by atoms with Gasteiger partial charge in [0, 0.05) is 17.3 Å². The first-order valence-corrected chi connectivity index (χ1v) is 8.20. The van der Waals surface area contributed by atoms with E-state index in [4.69, 9.17) is 0 Å². The van der Waals surface area contributed by atoms with E-state index in [-0.39, 0.29) is 28.9 Å². The number of halogens is 6. The van der Waals surface area contributed by atoms with E-state index in [0.717, 1.165) is 4.52 Å². The van der Waals surface area contributed by atoms with E-state index in [9.17, 15) is 26.3 Å². The lowest BCUT2D eigenvalue weighted by atomic mass is 10.0. The highest BCUT2D eigenvalue weighted by Crippen LogP contribution is 2.38. The van der Waals surface area contributed by atoms with Gasteiger partial charge in [0.2, 0.25) is 0 Å². The van der Waals surface area contributed by atoms with Gasteiger partial charge in [-0.1, -0.05) is 30.3 Å². The van der Waals surface area contributed by atoms with Gasteiger partial charge in [0.15, 0.2) is 5.82 Å². The maximum absolute atomic E-state index is 13.2. The topological polar surface area (TPSA) is 43.1 Å². The van der Waals surface area contributed by atoms with E-state index in [1.165, 1.54) is 12.3 Å². The van der Waals surface area contributed by atoms with Crippen LogP contribution in [0.2, 0.25) is 0 Å². The molecule has 0 bridgehead atoms. The summed E-state index contributed by atoms with van der Waals surface area (Å²) < 4.78 is 80.2. The van der Waals surface area contributed by atoms with E-state index in [1.54, 1.807) is 30.3 Å². The van der Waals surface area contributed by atoms with Gasteiger partial charge in [-0.05, 0) is 24.3 Å². The van der Waals surface area contributed by atoms with Crippen LogP contribution in [0, 0.1) is 0 Å². The summed E-state index contributed by atoms with van der Waals surface area (Å²) in [5.74, 6) is 0.292. The van der Waals surface area contributed by atoms with Gasteiger partial charge in [-0.2, -0.15) is 35.8 Å². The summed E-state index contributed by atoms with van der Waals surface area (Å²) in [4.78, 5) is 8.21. The number of nitrogens with zero attached hydrogens (tertiary/aromatic N) is 4. The molecule has 2 aromatic carbocycles. The Morgan fingerprint density at radius 2 is 1.34 bits per heavy atom. The summed E-state index contributed by atoms with van der Waals surface area (Å²) in [5.41, 5.74) is -2.49. The van der Waals surface area contributed by atoms with Gasteiger partial charge in [-0.3, -0.25) is 0 Å². The van der Waals surface area contributed by atoms with Crippen molar-refractivity contribution in [2.24, 2.45) is 0 Å². The minimum Gasteiger partial charge on any atom is -0.220 e. The predicted octanol–water partition coefficient (Wildman–Crippen LogP) is 5.50. The molecule has 0 radical (unpaired) electrons. The minimum atomic E-state index is -4.94. The SMILES string of the molecule is FC(F)(F)c1cc(-c2ccnc3nc(-c4ccccc4)nn23)cc(C(F)(F)F)c1. The van der Waals surface area contributed by atoms with Crippen LogP contribution in [0.5, 0.6) is 0 Å². The number of alkyl halides is 6. The summed E-state index contributed by atoms with van der Waals surface area (Å²) >= 11 is 0. The zero-order valence-electron chi connectivity index (χ0n) is 14.3. The van der Waals surface area contributed by atoms with Crippen LogP contribution < -0.4 is 0 Å². The van der Waals surface area contributed by atoms with E-state index >= 15 is 0 Å². The van der Waals surface area contributed by atoms with Crippen LogP contribution in [-0.2, 0) is 12.4 Å². The third kappa shape index (κ3) is 3.65. The van der Waals surface area contributed by atoms with Crippen molar-refractivity contribution in [3.05, 3.63) is 71.9 Å². The average molecular weight is 408 g/mol. The molecule has 0 amide bonds. The summed E-state index contributed by atoms with van der Waals surface area (Å²) in [7, 11) is 0. The number of benzene rings is 2. The van der Waals surface area contributed by atoms with Crippen LogP contribution in [0.1, 0.15) is 11.1 Å². The molecule has 4 aromatic rings. The predicted molar refractivity (Wildman–Crippen MR) is 91.7 cm³/mol. The van der Waals surface area contributed by atoms with Gasteiger partial charge in [-0.15, -0.1) is 5.10 Å². The van der Waals surface area contributed by atoms with Crippen molar-refractivity contribution < 1.29 is 26.3 Å². The molecule has 10 heteroatoms. The summed E-state index contributed by atoms with van der Waals surface area (Å²) in [6, 6.07) is 11.4. The van der Waals surface area contributed by atoms with Crippen LogP contribution in [0.15, 0.2) is 60.8 Å². The molecular formula is C19H10F6N4. The number of fused-ring (bicyclic) bond motifs is 1. The molecular weight excluding hydrogens is 398 g/mol. The van der Waals surface area contributed by atoms with E-state index in [2.05, 4.69) is 15.1 Å². The fraction of sp³-hybridized carbons (Fsp3) is 0.105. The van der Waals surface area contributed by atoms with Crippen molar-refractivity contribution in [2.45, 2.75) is 12.4 Å².